The Morgan fingerprint density at radius 1 is 1.62 bits per heavy atom. The van der Waals surface area contributed by atoms with Crippen LogP contribution in [0.4, 0.5) is 5.82 Å². The molecule has 0 fully saturated rings. The van der Waals surface area contributed by atoms with E-state index in [1.165, 1.54) is 6.92 Å². The van der Waals surface area contributed by atoms with Crippen LogP contribution in [0, 0.1) is 10.1 Å². The monoisotopic (exact) mass is 338 g/mol. The summed E-state index contributed by atoms with van der Waals surface area (Å²) in [6.07, 6.45) is 2.57. The smallest absolute Gasteiger partial charge is 0.358 e. The second-order valence-corrected chi connectivity index (χ2v) is 6.85. The van der Waals surface area contributed by atoms with Crippen molar-refractivity contribution in [2.24, 2.45) is 0 Å². The zero-order chi connectivity index (χ0) is 16.2. The largest absolute Gasteiger partial charge is 0.410 e. The summed E-state index contributed by atoms with van der Waals surface area (Å²) < 4.78 is 23.5. The molecule has 1 N–H and O–H groups in total. The van der Waals surface area contributed by atoms with Crippen molar-refractivity contribution < 1.29 is 18.1 Å². The standard InChI is InChI=1S/C10H15ClN4O5S/c1-3-4-5-12-10(16)7(2)14-6-8(21(11,19)20)9(13-14)15(17)18/h6-7H,3-5H2,1-2H3,(H,12,16). The third-order valence-corrected chi connectivity index (χ3v) is 4.03. The first-order valence-electron chi connectivity index (χ1n) is 6.14. The molecule has 1 unspecified atom stereocenters. The van der Waals surface area contributed by atoms with Gasteiger partial charge in [0, 0.05) is 17.2 Å². The van der Waals surface area contributed by atoms with E-state index in [0.29, 0.717) is 6.54 Å². The van der Waals surface area contributed by atoms with Crippen molar-refractivity contribution in [1.29, 1.82) is 0 Å². The molecule has 21 heavy (non-hydrogen) atoms. The molecule has 1 aromatic rings. The Balaban J connectivity index is 3.04. The van der Waals surface area contributed by atoms with Gasteiger partial charge < -0.3 is 15.4 Å². The Bertz CT molecular complexity index is 642. The summed E-state index contributed by atoms with van der Waals surface area (Å²) in [6.45, 7) is 3.87. The van der Waals surface area contributed by atoms with E-state index >= 15 is 0 Å². The number of amides is 1. The summed E-state index contributed by atoms with van der Waals surface area (Å²) in [5, 5.41) is 16.9. The van der Waals surface area contributed by atoms with Crippen molar-refractivity contribution in [3.05, 3.63) is 16.3 Å². The summed E-state index contributed by atoms with van der Waals surface area (Å²) in [5.41, 5.74) is 0. The fraction of sp³-hybridized carbons (Fsp3) is 0.600. The molecule has 1 aromatic heterocycles. The van der Waals surface area contributed by atoms with Gasteiger partial charge in [0.1, 0.15) is 6.04 Å². The van der Waals surface area contributed by atoms with Gasteiger partial charge in [0.2, 0.25) is 10.8 Å². The lowest BCUT2D eigenvalue weighted by molar-refractivity contribution is -0.392. The van der Waals surface area contributed by atoms with Gasteiger partial charge in [-0.25, -0.2) is 8.42 Å². The van der Waals surface area contributed by atoms with Gasteiger partial charge in [0.25, 0.3) is 9.05 Å². The molecule has 0 saturated carbocycles. The lowest BCUT2D eigenvalue weighted by atomic mass is 10.3. The third-order valence-electron chi connectivity index (χ3n) is 2.72. The molecule has 0 aliphatic rings. The van der Waals surface area contributed by atoms with E-state index < -0.39 is 36.6 Å². The van der Waals surface area contributed by atoms with E-state index in [0.717, 1.165) is 23.7 Å². The van der Waals surface area contributed by atoms with E-state index in [2.05, 4.69) is 10.4 Å². The molecule has 0 aliphatic carbocycles. The number of nitrogens with one attached hydrogen (secondary N) is 1. The molecule has 0 aromatic carbocycles. The minimum Gasteiger partial charge on any atom is -0.358 e. The molecule has 11 heteroatoms. The molecular weight excluding hydrogens is 324 g/mol. The van der Waals surface area contributed by atoms with Crippen molar-refractivity contribution in [2.45, 2.75) is 37.6 Å². The van der Waals surface area contributed by atoms with Crippen molar-refractivity contribution in [3.8, 4) is 0 Å². The second-order valence-electron chi connectivity index (χ2n) is 4.31. The molecule has 1 amide bonds. The fourth-order valence-electron chi connectivity index (χ4n) is 1.52. The number of nitro groups is 1. The van der Waals surface area contributed by atoms with Crippen LogP contribution in [-0.4, -0.2) is 35.6 Å². The number of unbranched alkanes of at least 4 members (excludes halogenated alkanes) is 1. The summed E-state index contributed by atoms with van der Waals surface area (Å²) >= 11 is 0. The number of halogens is 1. The maximum Gasteiger partial charge on any atom is 0.410 e. The van der Waals surface area contributed by atoms with Gasteiger partial charge in [-0.15, -0.1) is 0 Å². The first-order chi connectivity index (χ1) is 9.68. The van der Waals surface area contributed by atoms with Gasteiger partial charge in [-0.2, -0.15) is 4.68 Å². The normalized spacial score (nSPS) is 12.9. The highest BCUT2D eigenvalue weighted by Crippen LogP contribution is 2.26. The maximum atomic E-state index is 11.8. The van der Waals surface area contributed by atoms with Crippen LogP contribution in [0.1, 0.15) is 32.7 Å². The molecule has 0 bridgehead atoms. The predicted octanol–water partition coefficient (Wildman–Crippen LogP) is 1.20. The van der Waals surface area contributed by atoms with Crippen LogP contribution in [0.5, 0.6) is 0 Å². The van der Waals surface area contributed by atoms with Crippen molar-refractivity contribution in [1.82, 2.24) is 15.1 Å². The average molecular weight is 339 g/mol. The Labute approximate surface area is 125 Å². The molecule has 1 rings (SSSR count). The Morgan fingerprint density at radius 2 is 2.24 bits per heavy atom. The number of carbonyl (C=O) groups excluding carboxylic acids is 1. The van der Waals surface area contributed by atoms with Crippen LogP contribution in [0.25, 0.3) is 0 Å². The van der Waals surface area contributed by atoms with Crippen LogP contribution in [0.15, 0.2) is 11.1 Å². The quantitative estimate of drug-likeness (QED) is 0.344. The van der Waals surface area contributed by atoms with Crippen LogP contribution in [0.2, 0.25) is 0 Å². The van der Waals surface area contributed by atoms with Crippen molar-refractivity contribution in [2.75, 3.05) is 6.54 Å². The van der Waals surface area contributed by atoms with Gasteiger partial charge in [-0.1, -0.05) is 13.3 Å². The Kier molecular flexibility index (Phi) is 5.67. The molecule has 0 spiro atoms. The van der Waals surface area contributed by atoms with Crippen LogP contribution >= 0.6 is 10.7 Å². The number of rotatable bonds is 7. The minimum atomic E-state index is -4.32. The van der Waals surface area contributed by atoms with E-state index in [1.807, 2.05) is 6.92 Å². The lowest BCUT2D eigenvalue weighted by Crippen LogP contribution is -2.31. The van der Waals surface area contributed by atoms with Crippen LogP contribution in [-0.2, 0) is 13.8 Å². The second kappa shape index (κ2) is 6.85. The van der Waals surface area contributed by atoms with Crippen LogP contribution < -0.4 is 5.32 Å². The van der Waals surface area contributed by atoms with Gasteiger partial charge in [-0.05, 0) is 18.3 Å². The fourth-order valence-corrected chi connectivity index (χ4v) is 2.41. The highest BCUT2D eigenvalue weighted by atomic mass is 35.7. The first kappa shape index (κ1) is 17.4. The minimum absolute atomic E-state index is 0.417. The zero-order valence-corrected chi connectivity index (χ0v) is 13.0. The molecule has 118 valence electrons. The number of nitrogens with zero attached hydrogens (tertiary/aromatic N) is 3. The van der Waals surface area contributed by atoms with E-state index in [-0.39, 0.29) is 0 Å². The first-order valence-corrected chi connectivity index (χ1v) is 8.45. The summed E-state index contributed by atoms with van der Waals surface area (Å²) in [7, 11) is 0.799. The van der Waals surface area contributed by atoms with E-state index in [1.54, 1.807) is 0 Å². The Morgan fingerprint density at radius 3 is 2.67 bits per heavy atom. The number of hydrogen-bond donors (Lipinski definition) is 1. The number of carbonyl (C=O) groups is 1. The molecule has 9 nitrogen and oxygen atoms in total. The van der Waals surface area contributed by atoms with Crippen molar-refractivity contribution >= 4 is 31.5 Å². The van der Waals surface area contributed by atoms with E-state index in [4.69, 9.17) is 10.7 Å². The SMILES string of the molecule is CCCCNC(=O)C(C)n1cc(S(=O)(=O)Cl)c([N+](=O)[O-])n1. The molecule has 1 heterocycles. The van der Waals surface area contributed by atoms with Gasteiger partial charge in [0.15, 0.2) is 0 Å². The topological polar surface area (TPSA) is 124 Å². The van der Waals surface area contributed by atoms with Gasteiger partial charge in [-0.3, -0.25) is 4.79 Å². The maximum absolute atomic E-state index is 11.8. The number of aromatic nitrogens is 2. The molecule has 0 aliphatic heterocycles. The zero-order valence-electron chi connectivity index (χ0n) is 11.4. The van der Waals surface area contributed by atoms with E-state index in [9.17, 15) is 23.3 Å². The number of hydrogen-bond acceptors (Lipinski definition) is 6. The average Bonchev–Trinajstić information content (AvgIpc) is 2.83. The lowest BCUT2D eigenvalue weighted by Gasteiger charge is -2.09. The molecule has 1 atom stereocenters. The molecule has 0 saturated heterocycles. The summed E-state index contributed by atoms with van der Waals surface area (Å²) in [4.78, 5) is 20.9. The molecular formula is C10H15ClN4O5S. The van der Waals surface area contributed by atoms with Crippen molar-refractivity contribution in [3.63, 3.8) is 0 Å². The van der Waals surface area contributed by atoms with Gasteiger partial charge in [0.05, 0.1) is 11.3 Å². The predicted molar refractivity (Wildman–Crippen MR) is 74.5 cm³/mol. The van der Waals surface area contributed by atoms with Gasteiger partial charge >= 0.3 is 5.82 Å². The summed E-state index contributed by atoms with van der Waals surface area (Å²) in [5.74, 6) is -1.32. The Hall–Kier alpha value is -1.68. The molecule has 0 radical (unpaired) electrons. The summed E-state index contributed by atoms with van der Waals surface area (Å²) in [6, 6.07) is -0.896. The highest BCUT2D eigenvalue weighted by molar-refractivity contribution is 8.13. The highest BCUT2D eigenvalue weighted by Gasteiger charge is 2.32. The third kappa shape index (κ3) is 4.39. The van der Waals surface area contributed by atoms with Crippen LogP contribution in [0.3, 0.4) is 0 Å².